The summed E-state index contributed by atoms with van der Waals surface area (Å²) in [7, 11) is 0. The zero-order valence-corrected chi connectivity index (χ0v) is 28.6. The number of halogens is 3. The van der Waals surface area contributed by atoms with Gasteiger partial charge in [-0.3, -0.25) is 20.7 Å². The Morgan fingerprint density at radius 2 is 1.70 bits per heavy atom. The molecule has 4 aromatic carbocycles. The predicted molar refractivity (Wildman–Crippen MR) is 195 cm³/mol. The van der Waals surface area contributed by atoms with Crippen molar-refractivity contribution in [1.82, 2.24) is 16.2 Å². The highest BCUT2D eigenvalue weighted by molar-refractivity contribution is 6.10. The smallest absolute Gasteiger partial charge is 0.272 e. The van der Waals surface area contributed by atoms with Crippen molar-refractivity contribution in [3.05, 3.63) is 160 Å². The third-order valence-corrected chi connectivity index (χ3v) is 9.76. The molecular formula is C41H36F3N5O4. The van der Waals surface area contributed by atoms with E-state index in [0.29, 0.717) is 41.4 Å². The highest BCUT2D eigenvalue weighted by atomic mass is 19.3. The van der Waals surface area contributed by atoms with Gasteiger partial charge in [-0.2, -0.15) is 0 Å². The lowest BCUT2D eigenvalue weighted by molar-refractivity contribution is 0.0338. The standard InChI is InChI=1S/C41H36F3N5O4/c1-23-16-25(53-37-13-7-6-12-32(37)42)14-15-36(23)49-41(45)30(20-46-49)40(50)35-17-24-18-38(51-22-39(43)44)34(19-33(24)47-35)48-52-21-31-28-10-4-2-8-26(28)27-9-3-5-11-29(27)31/h2-18,31,33,39,45-48,50H,19-22H2,1H3. The number of alkyl halides is 2. The first-order chi connectivity index (χ1) is 25.7. The maximum Gasteiger partial charge on any atom is 0.272 e. The van der Waals surface area contributed by atoms with Gasteiger partial charge < -0.3 is 19.9 Å². The average Bonchev–Trinajstić information content (AvgIpc) is 3.85. The molecule has 2 heterocycles. The fourth-order valence-electron chi connectivity index (χ4n) is 7.21. The minimum Gasteiger partial charge on any atom is -0.505 e. The van der Waals surface area contributed by atoms with Gasteiger partial charge >= 0.3 is 0 Å². The normalized spacial score (nSPS) is 18.7. The van der Waals surface area contributed by atoms with E-state index in [1.807, 2.05) is 31.2 Å². The first-order valence-electron chi connectivity index (χ1n) is 17.2. The van der Waals surface area contributed by atoms with Crippen molar-refractivity contribution in [3.8, 4) is 22.6 Å². The lowest BCUT2D eigenvalue weighted by Crippen LogP contribution is -2.34. The summed E-state index contributed by atoms with van der Waals surface area (Å²) >= 11 is 0. The summed E-state index contributed by atoms with van der Waals surface area (Å²) in [4.78, 5) is 6.06. The monoisotopic (exact) mass is 719 g/mol. The van der Waals surface area contributed by atoms with Crippen molar-refractivity contribution >= 4 is 11.5 Å². The summed E-state index contributed by atoms with van der Waals surface area (Å²) in [6, 6.07) is 27.4. The quantitative estimate of drug-likeness (QED) is 0.0783. The number of hydrogen-bond donors (Lipinski definition) is 5. The number of anilines is 1. The molecule has 53 heavy (non-hydrogen) atoms. The van der Waals surface area contributed by atoms with E-state index in [2.05, 4.69) is 40.5 Å². The Morgan fingerprint density at radius 3 is 2.42 bits per heavy atom. The summed E-state index contributed by atoms with van der Waals surface area (Å²) in [5, 5.41) is 25.3. The van der Waals surface area contributed by atoms with Gasteiger partial charge in [-0.25, -0.2) is 18.6 Å². The fraction of sp³-hybridized carbons (Fsp3) is 0.195. The zero-order valence-electron chi connectivity index (χ0n) is 28.6. The molecule has 0 spiro atoms. The van der Waals surface area contributed by atoms with Crippen LogP contribution in [0, 0.1) is 18.2 Å². The average molecular weight is 720 g/mol. The minimum absolute atomic E-state index is 0.0131. The van der Waals surface area contributed by atoms with Crippen molar-refractivity contribution in [2.24, 2.45) is 0 Å². The van der Waals surface area contributed by atoms with E-state index in [-0.39, 0.29) is 41.6 Å². The number of fused-ring (bicyclic) bond motifs is 4. The van der Waals surface area contributed by atoms with Crippen LogP contribution in [0.2, 0.25) is 0 Å². The lowest BCUT2D eigenvalue weighted by Gasteiger charge is -2.25. The fourth-order valence-corrected chi connectivity index (χ4v) is 7.21. The van der Waals surface area contributed by atoms with Crippen LogP contribution in [0.4, 0.5) is 18.9 Å². The molecule has 0 radical (unpaired) electrons. The van der Waals surface area contributed by atoms with Crippen LogP contribution in [0.5, 0.6) is 11.5 Å². The van der Waals surface area contributed by atoms with Crippen LogP contribution < -0.4 is 26.0 Å². The molecule has 0 aromatic heterocycles. The maximum absolute atomic E-state index is 14.1. The van der Waals surface area contributed by atoms with Crippen molar-refractivity contribution in [3.63, 3.8) is 0 Å². The van der Waals surface area contributed by atoms with Gasteiger partial charge in [-0.05, 0) is 82.8 Å². The highest BCUT2D eigenvalue weighted by Crippen LogP contribution is 2.44. The second kappa shape index (κ2) is 14.2. The summed E-state index contributed by atoms with van der Waals surface area (Å²) in [5.74, 6) is 0.223. The number of aliphatic hydroxyl groups is 1. The lowest BCUT2D eigenvalue weighted by atomic mass is 9.97. The number of aliphatic hydroxyl groups excluding tert-OH is 1. The first-order valence-corrected chi connectivity index (χ1v) is 17.2. The van der Waals surface area contributed by atoms with Crippen molar-refractivity contribution < 1.29 is 32.6 Å². The van der Waals surface area contributed by atoms with Crippen LogP contribution >= 0.6 is 0 Å². The number of amidine groups is 1. The van der Waals surface area contributed by atoms with Crippen LogP contribution in [0.25, 0.3) is 11.1 Å². The number of hydrazine groups is 1. The van der Waals surface area contributed by atoms with E-state index in [0.717, 1.165) is 33.4 Å². The molecule has 270 valence electrons. The molecule has 4 aliphatic rings. The number of hydroxylamine groups is 1. The Kier molecular flexibility index (Phi) is 9.15. The van der Waals surface area contributed by atoms with Crippen LogP contribution in [0.1, 0.15) is 29.0 Å². The number of benzene rings is 4. The summed E-state index contributed by atoms with van der Waals surface area (Å²) in [5.41, 5.74) is 14.2. The molecule has 2 aliphatic carbocycles. The van der Waals surface area contributed by atoms with E-state index in [1.165, 1.54) is 6.07 Å². The molecule has 1 saturated heterocycles. The van der Waals surface area contributed by atoms with Crippen LogP contribution in [0.3, 0.4) is 0 Å². The van der Waals surface area contributed by atoms with Gasteiger partial charge in [0.1, 0.15) is 29.7 Å². The molecule has 2 aliphatic heterocycles. The molecular weight excluding hydrogens is 683 g/mol. The van der Waals surface area contributed by atoms with Crippen LogP contribution in [-0.4, -0.2) is 43.2 Å². The number of nitrogens with one attached hydrogen (secondary N) is 4. The molecule has 12 heteroatoms. The SMILES string of the molecule is Cc1cc(Oc2ccccc2F)ccc1N1NCC(=C(O)C2=CC3=CC(OCC(F)F)=C(NOCC4c5ccccc5-c5ccccc54)CC3N2)C1=N. The first kappa shape index (κ1) is 34.1. The number of aryl methyl sites for hydroxylation is 1. The molecule has 0 amide bonds. The predicted octanol–water partition coefficient (Wildman–Crippen LogP) is 8.05. The molecule has 1 unspecified atom stereocenters. The number of allylic oxidation sites excluding steroid dienone is 1. The summed E-state index contributed by atoms with van der Waals surface area (Å²) in [6.45, 7) is 1.54. The molecule has 5 N–H and O–H groups in total. The van der Waals surface area contributed by atoms with Gasteiger partial charge in [-0.1, -0.05) is 60.7 Å². The van der Waals surface area contributed by atoms with Crippen molar-refractivity contribution in [2.75, 3.05) is 24.8 Å². The third-order valence-electron chi connectivity index (χ3n) is 9.76. The molecule has 9 nitrogen and oxygen atoms in total. The third kappa shape index (κ3) is 6.62. The number of ether oxygens (including phenoxy) is 2. The molecule has 1 fully saturated rings. The topological polar surface area (TPSA) is 111 Å². The van der Waals surface area contributed by atoms with Gasteiger partial charge in [0, 0.05) is 18.9 Å². The largest absolute Gasteiger partial charge is 0.505 e. The van der Waals surface area contributed by atoms with E-state index >= 15 is 0 Å². The Labute approximate surface area is 304 Å². The number of nitrogens with zero attached hydrogens (tertiary/aromatic N) is 1. The second-order valence-corrected chi connectivity index (χ2v) is 13.1. The van der Waals surface area contributed by atoms with Gasteiger partial charge in [-0.15, -0.1) is 0 Å². The Hall–Kier alpha value is -5.98. The number of para-hydroxylation sites is 1. The highest BCUT2D eigenvalue weighted by Gasteiger charge is 2.35. The van der Waals surface area contributed by atoms with E-state index in [4.69, 9.17) is 19.7 Å². The molecule has 1 atom stereocenters. The zero-order chi connectivity index (χ0) is 36.6. The number of rotatable bonds is 11. The minimum atomic E-state index is -2.67. The van der Waals surface area contributed by atoms with Crippen molar-refractivity contribution in [2.45, 2.75) is 31.7 Å². The molecule has 0 bridgehead atoms. The maximum atomic E-state index is 14.1. The number of hydrogen-bond acceptors (Lipinski definition) is 8. The van der Waals surface area contributed by atoms with E-state index in [1.54, 1.807) is 53.6 Å². The van der Waals surface area contributed by atoms with E-state index < -0.39 is 18.8 Å². The Morgan fingerprint density at radius 1 is 0.981 bits per heavy atom. The molecule has 0 saturated carbocycles. The molecule has 8 rings (SSSR count). The van der Waals surface area contributed by atoms with Gasteiger partial charge in [0.05, 0.1) is 35.3 Å². The van der Waals surface area contributed by atoms with Gasteiger partial charge in [0.25, 0.3) is 6.43 Å². The van der Waals surface area contributed by atoms with Crippen LogP contribution in [0.15, 0.2) is 137 Å². The Balaban J connectivity index is 0.971. The summed E-state index contributed by atoms with van der Waals surface area (Å²) in [6.07, 6.45) is 1.04. The van der Waals surface area contributed by atoms with Crippen LogP contribution in [-0.2, 0) is 9.57 Å². The second-order valence-electron chi connectivity index (χ2n) is 13.1. The van der Waals surface area contributed by atoms with Gasteiger partial charge in [0.15, 0.2) is 11.6 Å². The van der Waals surface area contributed by atoms with Gasteiger partial charge in [0.2, 0.25) is 0 Å². The Bertz CT molecular complexity index is 2190. The van der Waals surface area contributed by atoms with Crippen molar-refractivity contribution in [1.29, 1.82) is 5.41 Å². The summed E-state index contributed by atoms with van der Waals surface area (Å²) < 4.78 is 51.9. The van der Waals surface area contributed by atoms with E-state index in [9.17, 15) is 18.3 Å². The molecule has 4 aromatic rings.